The SMILES string of the molecule is CCNC(Cc1c(Cl)c(CC)nn1C)C1CCCO1. The number of aryl methyl sites for hydroxylation is 2. The minimum absolute atomic E-state index is 0.302. The molecule has 2 unspecified atom stereocenters. The molecule has 5 heteroatoms. The van der Waals surface area contributed by atoms with E-state index in [1.54, 1.807) is 0 Å². The zero-order valence-electron chi connectivity index (χ0n) is 12.1. The van der Waals surface area contributed by atoms with Gasteiger partial charge in [-0.2, -0.15) is 5.10 Å². The van der Waals surface area contributed by atoms with Crippen molar-refractivity contribution in [1.29, 1.82) is 0 Å². The average molecular weight is 286 g/mol. The van der Waals surface area contributed by atoms with Gasteiger partial charge in [-0.05, 0) is 25.8 Å². The number of hydrogen-bond acceptors (Lipinski definition) is 3. The highest BCUT2D eigenvalue weighted by molar-refractivity contribution is 6.31. The maximum Gasteiger partial charge on any atom is 0.0850 e. The fourth-order valence-electron chi connectivity index (χ4n) is 2.77. The summed E-state index contributed by atoms with van der Waals surface area (Å²) in [7, 11) is 1.97. The lowest BCUT2D eigenvalue weighted by atomic mass is 10.0. The molecule has 19 heavy (non-hydrogen) atoms. The van der Waals surface area contributed by atoms with Crippen LogP contribution in [-0.2, 0) is 24.6 Å². The molecule has 0 amide bonds. The van der Waals surface area contributed by atoms with Crippen molar-refractivity contribution in [2.45, 2.75) is 51.7 Å². The van der Waals surface area contributed by atoms with E-state index in [9.17, 15) is 0 Å². The molecule has 0 spiro atoms. The summed E-state index contributed by atoms with van der Waals surface area (Å²) in [5, 5.41) is 8.84. The first-order chi connectivity index (χ1) is 9.17. The van der Waals surface area contributed by atoms with Crippen LogP contribution in [0.2, 0.25) is 5.02 Å². The van der Waals surface area contributed by atoms with Gasteiger partial charge in [-0.3, -0.25) is 4.68 Å². The van der Waals surface area contributed by atoms with Gasteiger partial charge < -0.3 is 10.1 Å². The van der Waals surface area contributed by atoms with Crippen LogP contribution in [0.3, 0.4) is 0 Å². The molecule has 1 saturated heterocycles. The molecule has 0 aliphatic carbocycles. The standard InChI is InChI=1S/C14H24ClN3O/c1-4-10-14(15)12(18(3)17-10)9-11(16-5-2)13-7-6-8-19-13/h11,13,16H,4-9H2,1-3H3. The van der Waals surface area contributed by atoms with Crippen molar-refractivity contribution in [3.8, 4) is 0 Å². The third-order valence-corrected chi connectivity index (χ3v) is 4.23. The zero-order valence-corrected chi connectivity index (χ0v) is 12.8. The Morgan fingerprint density at radius 2 is 2.32 bits per heavy atom. The van der Waals surface area contributed by atoms with Gasteiger partial charge in [0.05, 0.1) is 22.5 Å². The largest absolute Gasteiger partial charge is 0.377 e. The molecule has 0 aromatic carbocycles. The van der Waals surface area contributed by atoms with Crippen LogP contribution in [-0.4, -0.2) is 35.1 Å². The molecule has 1 aromatic heterocycles. The van der Waals surface area contributed by atoms with Gasteiger partial charge in [-0.15, -0.1) is 0 Å². The first-order valence-corrected chi connectivity index (χ1v) is 7.60. The normalized spacial score (nSPS) is 20.9. The number of hydrogen-bond donors (Lipinski definition) is 1. The van der Waals surface area contributed by atoms with Crippen molar-refractivity contribution in [3.63, 3.8) is 0 Å². The number of nitrogens with zero attached hydrogens (tertiary/aromatic N) is 2. The molecule has 108 valence electrons. The Morgan fingerprint density at radius 1 is 1.53 bits per heavy atom. The fourth-order valence-corrected chi connectivity index (χ4v) is 3.14. The van der Waals surface area contributed by atoms with E-state index in [2.05, 4.69) is 24.3 Å². The van der Waals surface area contributed by atoms with Gasteiger partial charge in [0.2, 0.25) is 0 Å². The predicted molar refractivity (Wildman–Crippen MR) is 77.7 cm³/mol. The van der Waals surface area contributed by atoms with Gasteiger partial charge in [0.15, 0.2) is 0 Å². The van der Waals surface area contributed by atoms with Crippen LogP contribution in [0, 0.1) is 0 Å². The molecule has 1 aliphatic rings. The molecule has 0 radical (unpaired) electrons. The van der Waals surface area contributed by atoms with Gasteiger partial charge in [0, 0.05) is 26.1 Å². The summed E-state index contributed by atoms with van der Waals surface area (Å²) in [6, 6.07) is 0.324. The Kier molecular flexibility index (Phi) is 5.25. The Hall–Kier alpha value is -0.580. The molecule has 1 aromatic rings. The maximum atomic E-state index is 6.43. The van der Waals surface area contributed by atoms with Gasteiger partial charge in [0.25, 0.3) is 0 Å². The monoisotopic (exact) mass is 285 g/mol. The number of ether oxygens (including phenoxy) is 1. The number of halogens is 1. The molecule has 4 nitrogen and oxygen atoms in total. The van der Waals surface area contributed by atoms with Crippen LogP contribution >= 0.6 is 11.6 Å². The molecule has 0 bridgehead atoms. The molecule has 2 rings (SSSR count). The fraction of sp³-hybridized carbons (Fsp3) is 0.786. The second-order valence-corrected chi connectivity index (χ2v) is 5.48. The van der Waals surface area contributed by atoms with Crippen molar-refractivity contribution in [3.05, 3.63) is 16.4 Å². The van der Waals surface area contributed by atoms with Crippen LogP contribution in [0.4, 0.5) is 0 Å². The van der Waals surface area contributed by atoms with E-state index in [1.165, 1.54) is 0 Å². The van der Waals surface area contributed by atoms with Gasteiger partial charge >= 0.3 is 0 Å². The Morgan fingerprint density at radius 3 is 2.84 bits per heavy atom. The van der Waals surface area contributed by atoms with E-state index in [0.717, 1.165) is 55.2 Å². The van der Waals surface area contributed by atoms with Crippen molar-refractivity contribution in [1.82, 2.24) is 15.1 Å². The van der Waals surface area contributed by atoms with E-state index in [-0.39, 0.29) is 0 Å². The van der Waals surface area contributed by atoms with Crippen LogP contribution in [0.25, 0.3) is 0 Å². The van der Waals surface area contributed by atoms with E-state index in [0.29, 0.717) is 12.1 Å². The van der Waals surface area contributed by atoms with Gasteiger partial charge in [-0.1, -0.05) is 25.4 Å². The van der Waals surface area contributed by atoms with Gasteiger partial charge in [0.1, 0.15) is 0 Å². The second kappa shape index (κ2) is 6.73. The molecular weight excluding hydrogens is 262 g/mol. The predicted octanol–water partition coefficient (Wildman–Crippen LogP) is 2.34. The lowest BCUT2D eigenvalue weighted by molar-refractivity contribution is 0.0783. The topological polar surface area (TPSA) is 39.1 Å². The number of aromatic nitrogens is 2. The third-order valence-electron chi connectivity index (χ3n) is 3.80. The van der Waals surface area contributed by atoms with Crippen LogP contribution in [0.15, 0.2) is 0 Å². The molecule has 2 atom stereocenters. The number of rotatable bonds is 6. The Labute approximate surface area is 120 Å². The summed E-state index contributed by atoms with van der Waals surface area (Å²) in [6.07, 6.45) is 4.34. The minimum Gasteiger partial charge on any atom is -0.377 e. The molecule has 1 fully saturated rings. The molecule has 1 aliphatic heterocycles. The number of nitrogens with one attached hydrogen (secondary N) is 1. The van der Waals surface area contributed by atoms with Crippen molar-refractivity contribution in [2.24, 2.45) is 7.05 Å². The summed E-state index contributed by atoms with van der Waals surface area (Å²) in [5.41, 5.74) is 2.10. The Balaban J connectivity index is 2.14. The van der Waals surface area contributed by atoms with E-state index >= 15 is 0 Å². The van der Waals surface area contributed by atoms with E-state index in [4.69, 9.17) is 16.3 Å². The van der Waals surface area contributed by atoms with E-state index in [1.807, 2.05) is 11.7 Å². The maximum absolute atomic E-state index is 6.43. The first kappa shape index (κ1) is 14.8. The summed E-state index contributed by atoms with van der Waals surface area (Å²) in [5.74, 6) is 0. The van der Waals surface area contributed by atoms with Crippen molar-refractivity contribution >= 4 is 11.6 Å². The molecular formula is C14H24ClN3O. The third kappa shape index (κ3) is 3.30. The number of likely N-dealkylation sites (N-methyl/N-ethyl adjacent to an activating group) is 1. The lowest BCUT2D eigenvalue weighted by Gasteiger charge is -2.24. The molecule has 2 heterocycles. The second-order valence-electron chi connectivity index (χ2n) is 5.10. The lowest BCUT2D eigenvalue weighted by Crippen LogP contribution is -2.41. The van der Waals surface area contributed by atoms with Gasteiger partial charge in [-0.25, -0.2) is 0 Å². The highest BCUT2D eigenvalue weighted by atomic mass is 35.5. The smallest absolute Gasteiger partial charge is 0.0850 e. The van der Waals surface area contributed by atoms with Crippen molar-refractivity contribution < 1.29 is 4.74 Å². The Bertz CT molecular complexity index is 413. The average Bonchev–Trinajstić information content (AvgIpc) is 3.01. The highest BCUT2D eigenvalue weighted by Gasteiger charge is 2.27. The first-order valence-electron chi connectivity index (χ1n) is 7.22. The highest BCUT2D eigenvalue weighted by Crippen LogP contribution is 2.25. The van der Waals surface area contributed by atoms with Crippen LogP contribution in [0.5, 0.6) is 0 Å². The quantitative estimate of drug-likeness (QED) is 0.872. The minimum atomic E-state index is 0.302. The van der Waals surface area contributed by atoms with Crippen molar-refractivity contribution in [2.75, 3.05) is 13.2 Å². The summed E-state index contributed by atoms with van der Waals surface area (Å²) >= 11 is 6.43. The summed E-state index contributed by atoms with van der Waals surface area (Å²) < 4.78 is 7.73. The van der Waals surface area contributed by atoms with Crippen LogP contribution < -0.4 is 5.32 Å². The molecule has 1 N–H and O–H groups in total. The summed E-state index contributed by atoms with van der Waals surface area (Å²) in [4.78, 5) is 0. The molecule has 0 saturated carbocycles. The van der Waals surface area contributed by atoms with Crippen LogP contribution in [0.1, 0.15) is 38.1 Å². The summed E-state index contributed by atoms with van der Waals surface area (Å²) in [6.45, 7) is 6.04. The van der Waals surface area contributed by atoms with E-state index < -0.39 is 0 Å². The zero-order chi connectivity index (χ0) is 13.8.